The summed E-state index contributed by atoms with van der Waals surface area (Å²) >= 11 is 0. The second-order valence-corrected chi connectivity index (χ2v) is 4.61. The lowest BCUT2D eigenvalue weighted by molar-refractivity contribution is -0.134. The number of hydrogen-bond acceptors (Lipinski definition) is 3. The lowest BCUT2D eigenvalue weighted by Gasteiger charge is -2.25. The van der Waals surface area contributed by atoms with E-state index in [1.54, 1.807) is 0 Å². The van der Waals surface area contributed by atoms with Crippen LogP contribution < -0.4 is 11.1 Å². The Labute approximate surface area is 108 Å². The van der Waals surface area contributed by atoms with Crippen LogP contribution in [0.5, 0.6) is 0 Å². The molecule has 1 amide bonds. The average molecular weight is 248 g/mol. The van der Waals surface area contributed by atoms with Crippen molar-refractivity contribution >= 4 is 5.91 Å². The lowest BCUT2D eigenvalue weighted by atomic mass is 9.97. The first-order valence-corrected chi connectivity index (χ1v) is 6.45. The van der Waals surface area contributed by atoms with E-state index in [9.17, 15) is 4.79 Å². The summed E-state index contributed by atoms with van der Waals surface area (Å²) in [5.74, 6) is -0.0916. The topological polar surface area (TPSA) is 64.3 Å². The number of fused-ring (bicyclic) bond motifs is 1. The van der Waals surface area contributed by atoms with Crippen molar-refractivity contribution in [3.63, 3.8) is 0 Å². The van der Waals surface area contributed by atoms with Gasteiger partial charge in [0.1, 0.15) is 0 Å². The van der Waals surface area contributed by atoms with Crippen LogP contribution in [0.15, 0.2) is 24.3 Å². The van der Waals surface area contributed by atoms with E-state index in [0.29, 0.717) is 13.2 Å². The van der Waals surface area contributed by atoms with Crippen LogP contribution >= 0.6 is 0 Å². The molecule has 2 unspecified atom stereocenters. The quantitative estimate of drug-likeness (QED) is 0.840. The van der Waals surface area contributed by atoms with E-state index in [-0.39, 0.29) is 11.9 Å². The summed E-state index contributed by atoms with van der Waals surface area (Å²) in [5, 5.41) is 2.86. The molecule has 1 aliphatic heterocycles. The molecule has 98 valence electrons. The van der Waals surface area contributed by atoms with Crippen molar-refractivity contribution in [2.75, 3.05) is 13.2 Å². The van der Waals surface area contributed by atoms with Crippen molar-refractivity contribution in [1.82, 2.24) is 5.32 Å². The van der Waals surface area contributed by atoms with Gasteiger partial charge in [0.15, 0.2) is 6.10 Å². The number of carbonyl (C=O) groups is 1. The first kappa shape index (κ1) is 13.1. The summed E-state index contributed by atoms with van der Waals surface area (Å²) in [7, 11) is 0. The number of nitrogens with one attached hydrogen (secondary N) is 1. The highest BCUT2D eigenvalue weighted by molar-refractivity contribution is 5.82. The third-order valence-electron chi connectivity index (χ3n) is 3.29. The van der Waals surface area contributed by atoms with Gasteiger partial charge in [-0.25, -0.2) is 0 Å². The standard InChI is InChI=1S/C14H20N2O2/c1-2-11(15)9-16-14(17)13-12-6-4-3-5-10(12)7-8-18-13/h3-6,11,13H,2,7-9,15H2,1H3,(H,16,17). The molecule has 0 aromatic heterocycles. The number of benzene rings is 1. The Kier molecular flexibility index (Phi) is 4.33. The van der Waals surface area contributed by atoms with Crippen LogP contribution in [0.3, 0.4) is 0 Å². The molecule has 1 heterocycles. The summed E-state index contributed by atoms with van der Waals surface area (Å²) in [4.78, 5) is 12.1. The number of nitrogens with two attached hydrogens (primary N) is 1. The maximum atomic E-state index is 12.1. The van der Waals surface area contributed by atoms with Gasteiger partial charge >= 0.3 is 0 Å². The molecule has 2 atom stereocenters. The van der Waals surface area contributed by atoms with Crippen LogP contribution in [0.2, 0.25) is 0 Å². The van der Waals surface area contributed by atoms with Crippen LogP contribution in [0, 0.1) is 0 Å². The zero-order valence-corrected chi connectivity index (χ0v) is 10.7. The van der Waals surface area contributed by atoms with E-state index in [2.05, 4.69) is 11.4 Å². The van der Waals surface area contributed by atoms with Crippen molar-refractivity contribution in [1.29, 1.82) is 0 Å². The minimum Gasteiger partial charge on any atom is -0.363 e. The normalized spacial score (nSPS) is 20.0. The van der Waals surface area contributed by atoms with Gasteiger partial charge in [-0.3, -0.25) is 4.79 Å². The summed E-state index contributed by atoms with van der Waals surface area (Å²) in [6.07, 6.45) is 1.23. The van der Waals surface area contributed by atoms with Gasteiger partial charge in [-0.15, -0.1) is 0 Å². The monoisotopic (exact) mass is 248 g/mol. The summed E-state index contributed by atoms with van der Waals surface area (Å²) < 4.78 is 5.58. The molecule has 0 saturated carbocycles. The fraction of sp³-hybridized carbons (Fsp3) is 0.500. The largest absolute Gasteiger partial charge is 0.363 e. The van der Waals surface area contributed by atoms with Gasteiger partial charge in [-0.1, -0.05) is 31.2 Å². The van der Waals surface area contributed by atoms with E-state index < -0.39 is 6.10 Å². The van der Waals surface area contributed by atoms with Crippen LogP contribution in [-0.4, -0.2) is 25.1 Å². The molecule has 1 aromatic rings. The molecule has 0 aliphatic carbocycles. The smallest absolute Gasteiger partial charge is 0.253 e. The Balaban J connectivity index is 2.04. The van der Waals surface area contributed by atoms with Gasteiger partial charge in [0.05, 0.1) is 6.61 Å². The first-order valence-electron chi connectivity index (χ1n) is 6.45. The number of ether oxygens (including phenoxy) is 1. The van der Waals surface area contributed by atoms with Crippen molar-refractivity contribution in [3.05, 3.63) is 35.4 Å². The van der Waals surface area contributed by atoms with Crippen LogP contribution in [0.4, 0.5) is 0 Å². The molecule has 1 aromatic carbocycles. The fourth-order valence-electron chi connectivity index (χ4n) is 2.08. The SMILES string of the molecule is CCC(N)CNC(=O)C1OCCc2ccccc21. The van der Waals surface area contributed by atoms with Crippen molar-refractivity contribution in [2.24, 2.45) is 5.73 Å². The van der Waals surface area contributed by atoms with Crippen molar-refractivity contribution < 1.29 is 9.53 Å². The van der Waals surface area contributed by atoms with Gasteiger partial charge in [-0.05, 0) is 24.0 Å². The van der Waals surface area contributed by atoms with E-state index >= 15 is 0 Å². The Hall–Kier alpha value is -1.39. The minimum atomic E-state index is -0.487. The summed E-state index contributed by atoms with van der Waals surface area (Å²) in [5.41, 5.74) is 7.97. The number of hydrogen-bond donors (Lipinski definition) is 2. The Morgan fingerprint density at radius 1 is 1.56 bits per heavy atom. The zero-order valence-electron chi connectivity index (χ0n) is 10.7. The molecule has 0 saturated heterocycles. The van der Waals surface area contributed by atoms with Gasteiger partial charge in [0.2, 0.25) is 0 Å². The maximum absolute atomic E-state index is 12.1. The van der Waals surface area contributed by atoms with Crippen LogP contribution in [0.25, 0.3) is 0 Å². The molecule has 18 heavy (non-hydrogen) atoms. The van der Waals surface area contributed by atoms with Crippen molar-refractivity contribution in [2.45, 2.75) is 31.9 Å². The Morgan fingerprint density at radius 3 is 3.11 bits per heavy atom. The lowest BCUT2D eigenvalue weighted by Crippen LogP contribution is -2.40. The predicted molar refractivity (Wildman–Crippen MR) is 70.1 cm³/mol. The van der Waals surface area contributed by atoms with Gasteiger partial charge < -0.3 is 15.8 Å². The maximum Gasteiger partial charge on any atom is 0.253 e. The number of rotatable bonds is 4. The van der Waals surface area contributed by atoms with Crippen molar-refractivity contribution in [3.8, 4) is 0 Å². The Bertz CT molecular complexity index is 420. The predicted octanol–water partition coefficient (Wildman–Crippen LogP) is 1.15. The van der Waals surface area contributed by atoms with Gasteiger partial charge in [-0.2, -0.15) is 0 Å². The van der Waals surface area contributed by atoms with E-state index in [4.69, 9.17) is 10.5 Å². The molecule has 0 radical (unpaired) electrons. The summed E-state index contributed by atoms with van der Waals surface area (Å²) in [6.45, 7) is 3.09. The van der Waals surface area contributed by atoms with Gasteiger partial charge in [0, 0.05) is 12.6 Å². The molecule has 0 bridgehead atoms. The summed E-state index contributed by atoms with van der Waals surface area (Å²) in [6, 6.07) is 7.94. The molecule has 4 heteroatoms. The van der Waals surface area contributed by atoms with E-state index in [0.717, 1.165) is 18.4 Å². The molecular weight excluding hydrogens is 228 g/mol. The highest BCUT2D eigenvalue weighted by Crippen LogP contribution is 2.26. The second kappa shape index (κ2) is 5.98. The molecule has 3 N–H and O–H groups in total. The minimum absolute atomic E-state index is 0.00721. The van der Waals surface area contributed by atoms with Crippen LogP contribution in [0.1, 0.15) is 30.6 Å². The van der Waals surface area contributed by atoms with Gasteiger partial charge in [0.25, 0.3) is 5.91 Å². The highest BCUT2D eigenvalue weighted by Gasteiger charge is 2.26. The average Bonchev–Trinajstić information content (AvgIpc) is 2.43. The number of amides is 1. The van der Waals surface area contributed by atoms with Crippen LogP contribution in [-0.2, 0) is 16.0 Å². The van der Waals surface area contributed by atoms with E-state index in [1.807, 2.05) is 25.1 Å². The number of carbonyl (C=O) groups excluding carboxylic acids is 1. The zero-order chi connectivity index (χ0) is 13.0. The molecule has 4 nitrogen and oxygen atoms in total. The first-order chi connectivity index (χ1) is 8.72. The molecule has 2 rings (SSSR count). The molecule has 1 aliphatic rings. The molecular formula is C14H20N2O2. The molecule has 0 spiro atoms. The fourth-order valence-corrected chi connectivity index (χ4v) is 2.08. The van der Waals surface area contributed by atoms with E-state index in [1.165, 1.54) is 5.56 Å². The third-order valence-corrected chi connectivity index (χ3v) is 3.29. The second-order valence-electron chi connectivity index (χ2n) is 4.61. The third kappa shape index (κ3) is 2.89. The molecule has 0 fully saturated rings. The highest BCUT2D eigenvalue weighted by atomic mass is 16.5. The Morgan fingerprint density at radius 2 is 2.33 bits per heavy atom.